The first kappa shape index (κ1) is 15.6. The maximum Gasteiger partial charge on any atom is 0.358 e. The average molecular weight is 328 g/mol. The maximum atomic E-state index is 13.4. The number of hydrogen-bond acceptors (Lipinski definition) is 5. The van der Waals surface area contributed by atoms with Crippen LogP contribution in [0.3, 0.4) is 0 Å². The molecule has 4 nitrogen and oxygen atoms in total. The predicted molar refractivity (Wildman–Crippen MR) is 78.5 cm³/mol. The van der Waals surface area contributed by atoms with Crippen LogP contribution in [0.25, 0.3) is 10.6 Å². The zero-order valence-electron chi connectivity index (χ0n) is 11.3. The minimum Gasteiger partial charge on any atom is -0.461 e. The first-order valence-electron chi connectivity index (χ1n) is 6.07. The second-order valence-electron chi connectivity index (χ2n) is 4.13. The van der Waals surface area contributed by atoms with Gasteiger partial charge in [-0.2, -0.15) is 0 Å². The van der Waals surface area contributed by atoms with E-state index in [1.54, 1.807) is 6.92 Å². The van der Waals surface area contributed by atoms with Crippen molar-refractivity contribution < 1.29 is 18.7 Å². The summed E-state index contributed by atoms with van der Waals surface area (Å²) in [6.45, 7) is 3.17. The molecule has 1 aromatic carbocycles. The molecule has 1 heterocycles. The number of carbonyl (C=O) groups is 2. The number of thiazole rings is 1. The summed E-state index contributed by atoms with van der Waals surface area (Å²) in [5.41, 5.74) is 0.354. The van der Waals surface area contributed by atoms with Gasteiger partial charge in [-0.25, -0.2) is 14.2 Å². The number of Topliss-reactive ketones (excluding diaryl/α,β-unsaturated/α-hetero) is 1. The number of rotatable bonds is 4. The molecule has 21 heavy (non-hydrogen) atoms. The van der Waals surface area contributed by atoms with Crippen LogP contribution in [0.2, 0.25) is 5.02 Å². The molecule has 2 aromatic rings. The Bertz CT molecular complexity index is 694. The fourth-order valence-electron chi connectivity index (χ4n) is 1.70. The minimum absolute atomic E-state index is 0.0512. The normalized spacial score (nSPS) is 10.5. The van der Waals surface area contributed by atoms with Crippen molar-refractivity contribution >= 4 is 34.7 Å². The molecule has 0 bridgehead atoms. The highest BCUT2D eigenvalue weighted by Crippen LogP contribution is 2.31. The van der Waals surface area contributed by atoms with Gasteiger partial charge in [0.15, 0.2) is 11.5 Å². The van der Waals surface area contributed by atoms with Gasteiger partial charge >= 0.3 is 5.97 Å². The van der Waals surface area contributed by atoms with Crippen LogP contribution in [0.1, 0.15) is 34.0 Å². The van der Waals surface area contributed by atoms with Gasteiger partial charge in [0, 0.05) is 17.5 Å². The van der Waals surface area contributed by atoms with Crippen molar-refractivity contribution in [3.05, 3.63) is 39.6 Å². The standard InChI is InChI=1S/C14H11ClFNO3S/c1-3-20-14(19)11-12(7(2)18)21-13(17-11)8-4-9(15)6-10(16)5-8/h4-6H,3H2,1-2H3. The Morgan fingerprint density at radius 2 is 2.10 bits per heavy atom. The SMILES string of the molecule is CCOC(=O)c1nc(-c2cc(F)cc(Cl)c2)sc1C(C)=O. The molecule has 110 valence electrons. The Balaban J connectivity index is 2.53. The molecule has 0 amide bonds. The second-order valence-corrected chi connectivity index (χ2v) is 5.57. The van der Waals surface area contributed by atoms with Gasteiger partial charge in [0.2, 0.25) is 0 Å². The topological polar surface area (TPSA) is 56.3 Å². The molecule has 0 radical (unpaired) electrons. The van der Waals surface area contributed by atoms with Crippen molar-refractivity contribution in [1.82, 2.24) is 4.98 Å². The van der Waals surface area contributed by atoms with Crippen molar-refractivity contribution in [1.29, 1.82) is 0 Å². The molecule has 0 saturated heterocycles. The van der Waals surface area contributed by atoms with Gasteiger partial charge < -0.3 is 4.74 Å². The van der Waals surface area contributed by atoms with Crippen LogP contribution in [-0.2, 0) is 4.74 Å². The van der Waals surface area contributed by atoms with E-state index < -0.39 is 11.8 Å². The van der Waals surface area contributed by atoms with Gasteiger partial charge in [-0.3, -0.25) is 4.79 Å². The molecule has 0 spiro atoms. The number of hydrogen-bond donors (Lipinski definition) is 0. The van der Waals surface area contributed by atoms with Crippen molar-refractivity contribution in [2.75, 3.05) is 6.61 Å². The van der Waals surface area contributed by atoms with Crippen molar-refractivity contribution in [2.24, 2.45) is 0 Å². The number of esters is 1. The van der Waals surface area contributed by atoms with Crippen LogP contribution in [0.4, 0.5) is 4.39 Å². The number of aromatic nitrogens is 1. The summed E-state index contributed by atoms with van der Waals surface area (Å²) in [5.74, 6) is -1.49. The van der Waals surface area contributed by atoms with Gasteiger partial charge in [-0.05, 0) is 25.1 Å². The van der Waals surface area contributed by atoms with Crippen LogP contribution in [0.5, 0.6) is 0 Å². The fourth-order valence-corrected chi connectivity index (χ4v) is 2.85. The third-order valence-corrected chi connectivity index (χ3v) is 3.95. The number of carbonyl (C=O) groups excluding carboxylic acids is 2. The molecule has 0 aliphatic carbocycles. The molecule has 2 rings (SSSR count). The molecule has 0 aliphatic heterocycles. The Morgan fingerprint density at radius 1 is 1.38 bits per heavy atom. The molecule has 0 atom stereocenters. The summed E-state index contributed by atoms with van der Waals surface area (Å²) in [7, 11) is 0. The zero-order chi connectivity index (χ0) is 15.6. The fraction of sp³-hybridized carbons (Fsp3) is 0.214. The van der Waals surface area contributed by atoms with Crippen LogP contribution in [0.15, 0.2) is 18.2 Å². The third kappa shape index (κ3) is 3.46. The van der Waals surface area contributed by atoms with E-state index in [9.17, 15) is 14.0 Å². The van der Waals surface area contributed by atoms with E-state index in [2.05, 4.69) is 4.98 Å². The van der Waals surface area contributed by atoms with E-state index in [1.165, 1.54) is 19.1 Å². The highest BCUT2D eigenvalue weighted by atomic mass is 35.5. The molecule has 0 unspecified atom stereocenters. The molecule has 0 N–H and O–H groups in total. The Morgan fingerprint density at radius 3 is 2.67 bits per heavy atom. The van der Waals surface area contributed by atoms with Gasteiger partial charge in [-0.15, -0.1) is 11.3 Å². The van der Waals surface area contributed by atoms with Crippen LogP contribution in [-0.4, -0.2) is 23.3 Å². The third-order valence-electron chi connectivity index (χ3n) is 2.53. The summed E-state index contributed by atoms with van der Waals surface area (Å²) in [5, 5.41) is 0.548. The predicted octanol–water partition coefficient (Wildman–Crippen LogP) is 3.98. The monoisotopic (exact) mass is 327 g/mol. The first-order valence-corrected chi connectivity index (χ1v) is 7.27. The van der Waals surface area contributed by atoms with E-state index >= 15 is 0 Å². The molecule has 0 saturated carbocycles. The lowest BCUT2D eigenvalue weighted by molar-refractivity contribution is 0.0517. The van der Waals surface area contributed by atoms with Gasteiger partial charge in [0.05, 0.1) is 6.61 Å². The molecule has 7 heteroatoms. The average Bonchev–Trinajstić information content (AvgIpc) is 2.83. The second kappa shape index (κ2) is 6.32. The highest BCUT2D eigenvalue weighted by molar-refractivity contribution is 7.17. The van der Waals surface area contributed by atoms with E-state index in [0.29, 0.717) is 10.6 Å². The molecule has 1 aromatic heterocycles. The van der Waals surface area contributed by atoms with E-state index in [4.69, 9.17) is 16.3 Å². The number of benzene rings is 1. The van der Waals surface area contributed by atoms with E-state index in [1.807, 2.05) is 0 Å². The Kier molecular flexibility index (Phi) is 4.69. The van der Waals surface area contributed by atoms with Crippen molar-refractivity contribution in [3.8, 4) is 10.6 Å². The highest BCUT2D eigenvalue weighted by Gasteiger charge is 2.23. The quantitative estimate of drug-likeness (QED) is 0.629. The lowest BCUT2D eigenvalue weighted by Gasteiger charge is -1.99. The van der Waals surface area contributed by atoms with Gasteiger partial charge in [0.1, 0.15) is 15.7 Å². The molecular weight excluding hydrogens is 317 g/mol. The summed E-state index contributed by atoms with van der Waals surface area (Å²) < 4.78 is 18.3. The summed E-state index contributed by atoms with van der Waals surface area (Å²) in [4.78, 5) is 27.7. The Hall–Kier alpha value is -1.79. The van der Waals surface area contributed by atoms with E-state index in [0.717, 1.165) is 17.4 Å². The Labute approximate surface area is 129 Å². The lowest BCUT2D eigenvalue weighted by atomic mass is 10.2. The summed E-state index contributed by atoms with van der Waals surface area (Å²) >= 11 is 6.81. The summed E-state index contributed by atoms with van der Waals surface area (Å²) in [6, 6.07) is 3.92. The van der Waals surface area contributed by atoms with Gasteiger partial charge in [-0.1, -0.05) is 11.6 Å². The molecule has 0 aliphatic rings. The van der Waals surface area contributed by atoms with Crippen molar-refractivity contribution in [3.63, 3.8) is 0 Å². The number of halogens is 2. The lowest BCUT2D eigenvalue weighted by Crippen LogP contribution is -2.09. The minimum atomic E-state index is -0.673. The molecular formula is C14H11ClFNO3S. The molecule has 0 fully saturated rings. The van der Waals surface area contributed by atoms with Crippen molar-refractivity contribution in [2.45, 2.75) is 13.8 Å². The van der Waals surface area contributed by atoms with Crippen LogP contribution >= 0.6 is 22.9 Å². The smallest absolute Gasteiger partial charge is 0.358 e. The zero-order valence-corrected chi connectivity index (χ0v) is 12.8. The van der Waals surface area contributed by atoms with E-state index in [-0.39, 0.29) is 28.0 Å². The largest absolute Gasteiger partial charge is 0.461 e. The maximum absolute atomic E-state index is 13.4. The van der Waals surface area contributed by atoms with Crippen LogP contribution in [0, 0.1) is 5.82 Å². The number of nitrogens with zero attached hydrogens (tertiary/aromatic N) is 1. The first-order chi connectivity index (χ1) is 9.92. The van der Waals surface area contributed by atoms with Crippen LogP contribution < -0.4 is 0 Å². The summed E-state index contributed by atoms with van der Waals surface area (Å²) in [6.07, 6.45) is 0. The number of ether oxygens (including phenoxy) is 1. The van der Waals surface area contributed by atoms with Gasteiger partial charge in [0.25, 0.3) is 0 Å². The number of ketones is 1.